The lowest BCUT2D eigenvalue weighted by Crippen LogP contribution is -2.18. The molecule has 3 atom stereocenters. The molecule has 0 saturated heterocycles. The van der Waals surface area contributed by atoms with Gasteiger partial charge < -0.3 is 14.6 Å². The Morgan fingerprint density at radius 2 is 1.95 bits per heavy atom. The van der Waals surface area contributed by atoms with Crippen LogP contribution in [0.15, 0.2) is 42.5 Å². The molecule has 200 valence electrons. The summed E-state index contributed by atoms with van der Waals surface area (Å²) in [5.74, 6) is -0.0789. The fourth-order valence-corrected chi connectivity index (χ4v) is 6.25. The summed E-state index contributed by atoms with van der Waals surface area (Å²) in [6.45, 7) is 5.14. The van der Waals surface area contributed by atoms with Gasteiger partial charge in [0, 0.05) is 35.9 Å². The van der Waals surface area contributed by atoms with E-state index >= 15 is 4.39 Å². The zero-order chi connectivity index (χ0) is 27.0. The zero-order valence-electron chi connectivity index (χ0n) is 21.8. The fourth-order valence-electron chi connectivity index (χ4n) is 5.86. The molecule has 0 spiro atoms. The first-order valence-corrected chi connectivity index (χ1v) is 14.4. The molecular formula is C30H32FNO5S. The Balaban J connectivity index is 1.40. The number of carboxylic acid groups (broad SMARTS) is 1. The van der Waals surface area contributed by atoms with Gasteiger partial charge in [-0.1, -0.05) is 24.3 Å². The molecule has 0 radical (unpaired) electrons. The second-order valence-electron chi connectivity index (χ2n) is 10.1. The van der Waals surface area contributed by atoms with Gasteiger partial charge in [-0.25, -0.2) is 13.3 Å². The van der Waals surface area contributed by atoms with Crippen LogP contribution in [0, 0.1) is 19.7 Å². The third-order valence-electron chi connectivity index (χ3n) is 7.43. The van der Waals surface area contributed by atoms with Crippen LogP contribution in [-0.4, -0.2) is 34.7 Å². The van der Waals surface area contributed by atoms with Gasteiger partial charge in [-0.3, -0.25) is 4.79 Å². The third-order valence-corrected chi connectivity index (χ3v) is 8.04. The van der Waals surface area contributed by atoms with Crippen molar-refractivity contribution >= 4 is 17.0 Å². The van der Waals surface area contributed by atoms with Crippen LogP contribution in [0.5, 0.6) is 11.5 Å². The van der Waals surface area contributed by atoms with Gasteiger partial charge in [0.2, 0.25) is 0 Å². The summed E-state index contributed by atoms with van der Waals surface area (Å²) in [6, 6.07) is 13.2. The highest BCUT2D eigenvalue weighted by Gasteiger charge is 2.32. The predicted octanol–water partition coefficient (Wildman–Crippen LogP) is 5.55. The summed E-state index contributed by atoms with van der Waals surface area (Å²) in [5.41, 5.74) is 8.04. The van der Waals surface area contributed by atoms with E-state index in [1.54, 1.807) is 12.3 Å². The van der Waals surface area contributed by atoms with Crippen LogP contribution in [0.25, 0.3) is 11.1 Å². The molecule has 1 unspecified atom stereocenters. The number of rotatable bonds is 9. The molecule has 0 saturated carbocycles. The Kier molecular flexibility index (Phi) is 7.54. The van der Waals surface area contributed by atoms with Gasteiger partial charge in [-0.15, -0.1) is 0 Å². The van der Waals surface area contributed by atoms with Crippen LogP contribution in [0.4, 0.5) is 4.39 Å². The van der Waals surface area contributed by atoms with E-state index in [0.717, 1.165) is 39.8 Å². The van der Waals surface area contributed by atoms with Crippen molar-refractivity contribution in [3.8, 4) is 22.6 Å². The van der Waals surface area contributed by atoms with Gasteiger partial charge in [0.25, 0.3) is 0 Å². The van der Waals surface area contributed by atoms with Crippen LogP contribution >= 0.6 is 0 Å². The Labute approximate surface area is 224 Å². The Hall–Kier alpha value is -3.23. The maximum absolute atomic E-state index is 15.2. The smallest absolute Gasteiger partial charge is 0.304 e. The second kappa shape index (κ2) is 10.9. The largest absolute Gasteiger partial charge is 0.492 e. The monoisotopic (exact) mass is 537 g/mol. The number of fused-ring (bicyclic) bond motifs is 2. The van der Waals surface area contributed by atoms with E-state index in [1.807, 2.05) is 18.2 Å². The number of nitrogens with one attached hydrogen (secondary N) is 1. The summed E-state index contributed by atoms with van der Waals surface area (Å²) in [4.78, 5) is 11.1. The molecule has 2 aliphatic rings. The van der Waals surface area contributed by atoms with Gasteiger partial charge in [0.1, 0.15) is 23.4 Å². The normalized spacial score (nSPS) is 18.5. The van der Waals surface area contributed by atoms with E-state index in [1.165, 1.54) is 11.6 Å². The zero-order valence-corrected chi connectivity index (χ0v) is 22.6. The lowest BCUT2D eigenvalue weighted by atomic mass is 9.88. The van der Waals surface area contributed by atoms with Gasteiger partial charge in [-0.05, 0) is 78.6 Å². The summed E-state index contributed by atoms with van der Waals surface area (Å²) in [6.07, 6.45) is 3.39. The number of carbonyl (C=O) groups is 1. The van der Waals surface area contributed by atoms with E-state index in [0.29, 0.717) is 43.1 Å². The first-order valence-electron chi connectivity index (χ1n) is 12.8. The molecule has 2 N–H and O–H groups in total. The van der Waals surface area contributed by atoms with Gasteiger partial charge in [0.15, 0.2) is 0 Å². The first-order chi connectivity index (χ1) is 18.2. The van der Waals surface area contributed by atoms with Crippen molar-refractivity contribution in [1.82, 2.24) is 4.72 Å². The average molecular weight is 538 g/mol. The van der Waals surface area contributed by atoms with Crippen molar-refractivity contribution in [3.63, 3.8) is 0 Å². The summed E-state index contributed by atoms with van der Waals surface area (Å²) >= 11 is 0. The van der Waals surface area contributed by atoms with E-state index < -0.39 is 23.1 Å². The van der Waals surface area contributed by atoms with Crippen LogP contribution in [0.1, 0.15) is 58.2 Å². The van der Waals surface area contributed by atoms with Crippen molar-refractivity contribution in [2.75, 3.05) is 19.4 Å². The molecule has 1 aliphatic carbocycles. The molecule has 0 bridgehead atoms. The minimum absolute atomic E-state index is 0.0214. The number of ether oxygens (including phenoxy) is 2. The molecule has 1 heterocycles. The lowest BCUT2D eigenvalue weighted by molar-refractivity contribution is -0.137. The van der Waals surface area contributed by atoms with Crippen molar-refractivity contribution in [3.05, 3.63) is 81.7 Å². The topological polar surface area (TPSA) is 84.9 Å². The maximum atomic E-state index is 15.2. The molecule has 6 nitrogen and oxygen atoms in total. The maximum Gasteiger partial charge on any atom is 0.304 e. The van der Waals surface area contributed by atoms with E-state index in [2.05, 4.69) is 30.7 Å². The highest BCUT2D eigenvalue weighted by atomic mass is 32.2. The molecule has 0 amide bonds. The number of aryl methyl sites for hydroxylation is 2. The Morgan fingerprint density at radius 1 is 1.18 bits per heavy atom. The third kappa shape index (κ3) is 5.33. The number of hydrogen-bond donors (Lipinski definition) is 2. The van der Waals surface area contributed by atoms with Crippen LogP contribution < -0.4 is 14.2 Å². The summed E-state index contributed by atoms with van der Waals surface area (Å²) < 4.78 is 41.5. The highest BCUT2D eigenvalue weighted by molar-refractivity contribution is 7.82. The molecular weight excluding hydrogens is 505 g/mol. The number of aliphatic carboxylic acids is 1. The molecule has 38 heavy (non-hydrogen) atoms. The number of benzene rings is 3. The van der Waals surface area contributed by atoms with Crippen LogP contribution in [0.2, 0.25) is 0 Å². The average Bonchev–Trinajstić information content (AvgIpc) is 3.44. The van der Waals surface area contributed by atoms with E-state index in [4.69, 9.17) is 14.6 Å². The van der Waals surface area contributed by atoms with E-state index in [-0.39, 0.29) is 18.2 Å². The molecule has 1 aliphatic heterocycles. The van der Waals surface area contributed by atoms with E-state index in [9.17, 15) is 9.00 Å². The highest BCUT2D eigenvalue weighted by Crippen LogP contribution is 2.45. The van der Waals surface area contributed by atoms with Gasteiger partial charge in [-0.2, -0.15) is 0 Å². The molecule has 0 aromatic heterocycles. The summed E-state index contributed by atoms with van der Waals surface area (Å²) in [7, 11) is -1.03. The number of halogens is 1. The molecule has 3 aromatic rings. The van der Waals surface area contributed by atoms with Gasteiger partial charge in [0.05, 0.1) is 24.0 Å². The minimum Gasteiger partial charge on any atom is -0.492 e. The minimum atomic E-state index is -1.03. The molecule has 0 fully saturated rings. The first kappa shape index (κ1) is 26.4. The SMILES string of the molecule is Cc1cc(CCNS(C)=O)cc(C)c1-c1ccc(F)c2c1CC[C@H]2Oc1ccc2c(c1)OC[C@H]2CC(=O)O. The molecule has 5 rings (SSSR count). The van der Waals surface area contributed by atoms with Crippen molar-refractivity contribution < 1.29 is 28.0 Å². The van der Waals surface area contributed by atoms with Crippen LogP contribution in [0.3, 0.4) is 0 Å². The predicted molar refractivity (Wildman–Crippen MR) is 146 cm³/mol. The lowest BCUT2D eigenvalue weighted by Gasteiger charge is -2.19. The number of carboxylic acids is 1. The number of hydrogen-bond acceptors (Lipinski definition) is 4. The fraction of sp³-hybridized carbons (Fsp3) is 0.367. The van der Waals surface area contributed by atoms with Gasteiger partial charge >= 0.3 is 5.97 Å². The van der Waals surface area contributed by atoms with Crippen molar-refractivity contribution in [1.29, 1.82) is 0 Å². The van der Waals surface area contributed by atoms with Crippen molar-refractivity contribution in [2.45, 2.75) is 51.6 Å². The van der Waals surface area contributed by atoms with Crippen LogP contribution in [-0.2, 0) is 28.6 Å². The molecule has 8 heteroatoms. The Bertz CT molecular complexity index is 1400. The molecule has 3 aromatic carbocycles. The summed E-state index contributed by atoms with van der Waals surface area (Å²) in [5, 5.41) is 9.14. The Morgan fingerprint density at radius 3 is 2.66 bits per heavy atom. The van der Waals surface area contributed by atoms with Crippen molar-refractivity contribution in [2.24, 2.45) is 0 Å². The second-order valence-corrected chi connectivity index (χ2v) is 11.3. The standard InChI is InChI=1S/C30H32FNO5S/c1-17-12-19(10-11-32-38(3)35)13-18(2)29(17)23-6-8-25(31)30-24(23)7-9-26(30)37-21-4-5-22-20(14-28(33)34)16-36-27(22)15-21/h4-6,8,12-13,15,20,26,32H,7,9-11,14,16H2,1-3H3,(H,33,34)/t20-,26-,38?/m1/s1. The quantitative estimate of drug-likeness (QED) is 0.374.